The third-order valence-electron chi connectivity index (χ3n) is 3.29. The number of carbonyl (C=O) groups is 1. The highest BCUT2D eigenvalue weighted by molar-refractivity contribution is 6.42. The molecule has 0 aliphatic heterocycles. The Morgan fingerprint density at radius 2 is 1.91 bits per heavy atom. The summed E-state index contributed by atoms with van der Waals surface area (Å²) in [6.07, 6.45) is 0. The van der Waals surface area contributed by atoms with Crippen molar-refractivity contribution in [2.75, 3.05) is 13.2 Å². The molecule has 6 heteroatoms. The predicted octanol–water partition coefficient (Wildman–Crippen LogP) is 3.50. The molecule has 1 amide bonds. The van der Waals surface area contributed by atoms with E-state index in [2.05, 4.69) is 0 Å². The van der Waals surface area contributed by atoms with Crippen molar-refractivity contribution in [3.63, 3.8) is 0 Å². The number of carbonyl (C=O) groups excluding carboxylic acids is 1. The van der Waals surface area contributed by atoms with Gasteiger partial charge in [0.15, 0.2) is 0 Å². The van der Waals surface area contributed by atoms with E-state index in [0.717, 1.165) is 5.56 Å². The van der Waals surface area contributed by atoms with Gasteiger partial charge in [0, 0.05) is 13.1 Å². The second-order valence-corrected chi connectivity index (χ2v) is 5.67. The van der Waals surface area contributed by atoms with E-state index in [0.29, 0.717) is 21.2 Å². The molecule has 2 aromatic rings. The van der Waals surface area contributed by atoms with Crippen LogP contribution < -0.4 is 0 Å². The zero-order valence-electron chi connectivity index (χ0n) is 12.2. The summed E-state index contributed by atoms with van der Waals surface area (Å²) < 4.78 is 0. The smallest absolute Gasteiger partial charge is 0.255 e. The lowest BCUT2D eigenvalue weighted by atomic mass is 10.1. The number of halogens is 2. The number of nitriles is 1. The van der Waals surface area contributed by atoms with Crippen molar-refractivity contribution < 1.29 is 9.90 Å². The second-order valence-electron chi connectivity index (χ2n) is 4.86. The van der Waals surface area contributed by atoms with Crippen LogP contribution in [0.2, 0.25) is 10.0 Å². The van der Waals surface area contributed by atoms with Gasteiger partial charge in [0.1, 0.15) is 0 Å². The van der Waals surface area contributed by atoms with Crippen molar-refractivity contribution in [1.29, 1.82) is 5.26 Å². The molecular weight excluding hydrogens is 335 g/mol. The molecule has 0 saturated carbocycles. The van der Waals surface area contributed by atoms with Gasteiger partial charge in [-0.05, 0) is 29.8 Å². The first-order valence-corrected chi connectivity index (χ1v) is 7.65. The highest BCUT2D eigenvalue weighted by Gasteiger charge is 2.19. The van der Waals surface area contributed by atoms with Crippen LogP contribution in [0, 0.1) is 11.3 Å². The predicted molar refractivity (Wildman–Crippen MR) is 89.4 cm³/mol. The number of hydrogen-bond donors (Lipinski definition) is 1. The second kappa shape index (κ2) is 7.98. The summed E-state index contributed by atoms with van der Waals surface area (Å²) in [5, 5.41) is 19.2. The van der Waals surface area contributed by atoms with Gasteiger partial charge in [0.2, 0.25) is 0 Å². The van der Waals surface area contributed by atoms with Crippen LogP contribution in [0.5, 0.6) is 0 Å². The van der Waals surface area contributed by atoms with Crippen molar-refractivity contribution in [2.24, 2.45) is 0 Å². The van der Waals surface area contributed by atoms with Gasteiger partial charge in [-0.15, -0.1) is 0 Å². The van der Waals surface area contributed by atoms with E-state index in [1.165, 1.54) is 4.90 Å². The molecule has 0 bridgehead atoms. The minimum absolute atomic E-state index is 0.152. The molecular formula is C17H14Cl2N2O2. The fourth-order valence-electron chi connectivity index (χ4n) is 2.17. The Morgan fingerprint density at radius 3 is 2.57 bits per heavy atom. The molecule has 0 aliphatic carbocycles. The molecule has 4 nitrogen and oxygen atoms in total. The molecule has 23 heavy (non-hydrogen) atoms. The van der Waals surface area contributed by atoms with Crippen LogP contribution in [0.25, 0.3) is 0 Å². The zero-order chi connectivity index (χ0) is 16.8. The van der Waals surface area contributed by atoms with Gasteiger partial charge in [-0.1, -0.05) is 41.4 Å². The number of aliphatic hydroxyl groups is 1. The minimum Gasteiger partial charge on any atom is -0.395 e. The largest absolute Gasteiger partial charge is 0.395 e. The highest BCUT2D eigenvalue weighted by atomic mass is 35.5. The first kappa shape index (κ1) is 17.3. The van der Waals surface area contributed by atoms with Crippen LogP contribution in [0.15, 0.2) is 42.5 Å². The maximum absolute atomic E-state index is 12.7. The summed E-state index contributed by atoms with van der Waals surface area (Å²) in [6, 6.07) is 13.7. The number of rotatable bonds is 5. The summed E-state index contributed by atoms with van der Waals surface area (Å²) in [5.74, 6) is -0.317. The zero-order valence-corrected chi connectivity index (χ0v) is 13.7. The molecule has 0 saturated heterocycles. The molecule has 2 aromatic carbocycles. The van der Waals surface area contributed by atoms with Gasteiger partial charge in [-0.25, -0.2) is 0 Å². The Hall–Kier alpha value is -2.06. The normalized spacial score (nSPS) is 10.2. The van der Waals surface area contributed by atoms with Crippen molar-refractivity contribution >= 4 is 29.1 Å². The van der Waals surface area contributed by atoms with Gasteiger partial charge in [-0.3, -0.25) is 4.79 Å². The van der Waals surface area contributed by atoms with E-state index in [1.807, 2.05) is 6.07 Å². The fourth-order valence-corrected chi connectivity index (χ4v) is 2.49. The van der Waals surface area contributed by atoms with Gasteiger partial charge in [0.05, 0.1) is 33.8 Å². The topological polar surface area (TPSA) is 64.3 Å². The molecule has 0 unspecified atom stereocenters. The Morgan fingerprint density at radius 1 is 1.17 bits per heavy atom. The van der Waals surface area contributed by atoms with Crippen molar-refractivity contribution in [1.82, 2.24) is 4.90 Å². The maximum atomic E-state index is 12.7. The SMILES string of the molecule is N#Cc1ccccc1C(=O)N(CCO)Cc1ccc(Cl)c(Cl)c1. The highest BCUT2D eigenvalue weighted by Crippen LogP contribution is 2.23. The van der Waals surface area contributed by atoms with Gasteiger partial charge in [-0.2, -0.15) is 5.26 Å². The molecule has 0 atom stereocenters. The summed E-state index contributed by atoms with van der Waals surface area (Å²) in [4.78, 5) is 14.1. The lowest BCUT2D eigenvalue weighted by Gasteiger charge is -2.22. The Labute approximate surface area is 144 Å². The Balaban J connectivity index is 2.28. The van der Waals surface area contributed by atoms with Crippen LogP contribution >= 0.6 is 23.2 Å². The van der Waals surface area contributed by atoms with Gasteiger partial charge in [0.25, 0.3) is 5.91 Å². The summed E-state index contributed by atoms with van der Waals surface area (Å²) in [5.41, 5.74) is 1.40. The molecule has 0 radical (unpaired) electrons. The molecule has 0 spiro atoms. The molecule has 1 N–H and O–H groups in total. The average Bonchev–Trinajstić information content (AvgIpc) is 2.57. The Kier molecular flexibility index (Phi) is 6.00. The van der Waals surface area contributed by atoms with Crippen LogP contribution in [-0.2, 0) is 6.54 Å². The third kappa shape index (κ3) is 4.23. The van der Waals surface area contributed by atoms with E-state index in [4.69, 9.17) is 28.5 Å². The molecule has 0 aromatic heterocycles. The molecule has 2 rings (SSSR count). The van der Waals surface area contributed by atoms with Gasteiger partial charge < -0.3 is 10.0 Å². The van der Waals surface area contributed by atoms with Crippen LogP contribution in [0.3, 0.4) is 0 Å². The number of nitrogens with zero attached hydrogens (tertiary/aromatic N) is 2. The number of hydrogen-bond acceptors (Lipinski definition) is 3. The van der Waals surface area contributed by atoms with E-state index in [1.54, 1.807) is 42.5 Å². The number of aliphatic hydroxyl groups excluding tert-OH is 1. The van der Waals surface area contributed by atoms with Crippen molar-refractivity contribution in [3.8, 4) is 6.07 Å². The quantitative estimate of drug-likeness (QED) is 0.899. The van der Waals surface area contributed by atoms with Crippen LogP contribution in [-0.4, -0.2) is 29.1 Å². The van der Waals surface area contributed by atoms with E-state index in [-0.39, 0.29) is 25.6 Å². The summed E-state index contributed by atoms with van der Waals surface area (Å²) >= 11 is 11.9. The monoisotopic (exact) mass is 348 g/mol. The number of benzene rings is 2. The first-order chi connectivity index (χ1) is 11.1. The standard InChI is InChI=1S/C17H14Cl2N2O2/c18-15-6-5-12(9-16(15)19)11-21(7-8-22)17(23)14-4-2-1-3-13(14)10-20/h1-6,9,22H,7-8,11H2. The van der Waals surface area contributed by atoms with E-state index in [9.17, 15) is 9.90 Å². The van der Waals surface area contributed by atoms with Crippen molar-refractivity contribution in [3.05, 3.63) is 69.2 Å². The lowest BCUT2D eigenvalue weighted by molar-refractivity contribution is 0.0707. The summed E-state index contributed by atoms with van der Waals surface area (Å²) in [7, 11) is 0. The van der Waals surface area contributed by atoms with Crippen LogP contribution in [0.4, 0.5) is 0 Å². The maximum Gasteiger partial charge on any atom is 0.255 e. The van der Waals surface area contributed by atoms with E-state index < -0.39 is 0 Å². The van der Waals surface area contributed by atoms with Gasteiger partial charge >= 0.3 is 0 Å². The molecule has 0 aliphatic rings. The van der Waals surface area contributed by atoms with Crippen molar-refractivity contribution in [2.45, 2.75) is 6.54 Å². The third-order valence-corrected chi connectivity index (χ3v) is 4.03. The summed E-state index contributed by atoms with van der Waals surface area (Å²) in [6.45, 7) is 0.233. The lowest BCUT2D eigenvalue weighted by Crippen LogP contribution is -2.33. The molecule has 0 fully saturated rings. The molecule has 118 valence electrons. The Bertz CT molecular complexity index is 756. The van der Waals surface area contributed by atoms with E-state index >= 15 is 0 Å². The fraction of sp³-hybridized carbons (Fsp3) is 0.176. The number of amides is 1. The first-order valence-electron chi connectivity index (χ1n) is 6.90. The minimum atomic E-state index is -0.317. The average molecular weight is 349 g/mol. The van der Waals surface area contributed by atoms with Crippen LogP contribution in [0.1, 0.15) is 21.5 Å². The molecule has 0 heterocycles.